The van der Waals surface area contributed by atoms with Crippen molar-refractivity contribution in [3.8, 4) is 0 Å². The summed E-state index contributed by atoms with van der Waals surface area (Å²) in [5, 5.41) is 0.559. The van der Waals surface area contributed by atoms with Crippen LogP contribution in [-0.4, -0.2) is 53.0 Å². The first-order valence-corrected chi connectivity index (χ1v) is 7.17. The van der Waals surface area contributed by atoms with E-state index in [-0.39, 0.29) is 22.7 Å². The van der Waals surface area contributed by atoms with E-state index >= 15 is 0 Å². The van der Waals surface area contributed by atoms with Crippen LogP contribution in [-0.2, 0) is 14.2 Å². The Morgan fingerprint density at radius 3 is 2.48 bits per heavy atom. The molecule has 0 radical (unpaired) electrons. The van der Waals surface area contributed by atoms with Gasteiger partial charge in [0.1, 0.15) is 15.4 Å². The van der Waals surface area contributed by atoms with E-state index in [1.165, 1.54) is 7.11 Å². The molecule has 0 saturated heterocycles. The molecular weight excluding hydrogens is 296 g/mol. The van der Waals surface area contributed by atoms with E-state index in [0.29, 0.717) is 18.2 Å². The molecule has 0 fully saturated rings. The maximum atomic E-state index is 12.1. The van der Waals surface area contributed by atoms with Crippen molar-refractivity contribution in [2.75, 3.05) is 51.7 Å². The van der Waals surface area contributed by atoms with Crippen LogP contribution in [0.3, 0.4) is 0 Å². The van der Waals surface area contributed by atoms with Gasteiger partial charge < -0.3 is 24.8 Å². The van der Waals surface area contributed by atoms with Crippen LogP contribution in [0.5, 0.6) is 0 Å². The quantitative estimate of drug-likeness (QED) is 0.760. The molecule has 0 spiro atoms. The summed E-state index contributed by atoms with van der Waals surface area (Å²) in [6.45, 7) is 2.95. The summed E-state index contributed by atoms with van der Waals surface area (Å²) in [6, 6.07) is 0. The summed E-state index contributed by atoms with van der Waals surface area (Å²) in [6.07, 6.45) is 0. The maximum absolute atomic E-state index is 12.1. The predicted molar refractivity (Wildman–Crippen MR) is 81.2 cm³/mol. The van der Waals surface area contributed by atoms with Crippen molar-refractivity contribution in [3.63, 3.8) is 0 Å². The van der Waals surface area contributed by atoms with E-state index in [2.05, 4.69) is 4.74 Å². The van der Waals surface area contributed by atoms with Gasteiger partial charge in [-0.3, -0.25) is 0 Å². The highest BCUT2D eigenvalue weighted by atomic mass is 32.1. The van der Waals surface area contributed by atoms with Gasteiger partial charge in [-0.1, -0.05) is 0 Å². The van der Waals surface area contributed by atoms with Gasteiger partial charge in [0, 0.05) is 20.7 Å². The lowest BCUT2D eigenvalue weighted by atomic mass is 10.2. The lowest BCUT2D eigenvalue weighted by molar-refractivity contribution is 0.0528. The summed E-state index contributed by atoms with van der Waals surface area (Å²) in [5.41, 5.74) is 6.21. The number of carbonyl (C=O) groups is 2. The normalized spacial score (nSPS) is 10.3. The number of rotatable bonds is 7. The second-order valence-corrected chi connectivity index (χ2v) is 5.15. The summed E-state index contributed by atoms with van der Waals surface area (Å²) in [4.78, 5) is 25.8. The number of nitrogen functional groups attached to an aromatic ring is 1. The second-order valence-electron chi connectivity index (χ2n) is 4.15. The number of carbonyl (C=O) groups excluding carboxylic acids is 2. The maximum Gasteiger partial charge on any atom is 0.350 e. The Hall–Kier alpha value is -1.80. The number of likely N-dealkylation sites (N-methyl/N-ethyl adjacent to an activating group) is 1. The first-order valence-electron chi connectivity index (χ1n) is 6.35. The van der Waals surface area contributed by atoms with Crippen LogP contribution >= 0.6 is 11.3 Å². The van der Waals surface area contributed by atoms with Crippen LogP contribution in [0.2, 0.25) is 0 Å². The summed E-state index contributed by atoms with van der Waals surface area (Å²) in [7, 11) is 4.64. The lowest BCUT2D eigenvalue weighted by Crippen LogP contribution is -2.23. The monoisotopic (exact) mass is 316 g/mol. The van der Waals surface area contributed by atoms with Gasteiger partial charge in [-0.2, -0.15) is 0 Å². The Morgan fingerprint density at radius 1 is 1.29 bits per heavy atom. The first-order chi connectivity index (χ1) is 9.97. The number of nitrogens with zero attached hydrogens (tertiary/aromatic N) is 1. The van der Waals surface area contributed by atoms with Crippen molar-refractivity contribution >= 4 is 34.0 Å². The Labute approximate surface area is 127 Å². The highest BCUT2D eigenvalue weighted by Gasteiger charge is 2.28. The minimum atomic E-state index is -0.575. The van der Waals surface area contributed by atoms with E-state index in [9.17, 15) is 9.59 Å². The summed E-state index contributed by atoms with van der Waals surface area (Å²) in [5.74, 6) is -1.13. The fourth-order valence-electron chi connectivity index (χ4n) is 1.67. The SMILES string of the molecule is CCOC(=O)c1c(N(C)CCOC)sc(C(=O)OC)c1N. The standard InChI is InChI=1S/C13H20N2O5S/c1-5-20-12(16)8-9(14)10(13(17)19-4)21-11(8)15(2)6-7-18-3/h5-7,14H2,1-4H3. The van der Waals surface area contributed by atoms with Crippen LogP contribution in [0.1, 0.15) is 27.0 Å². The van der Waals surface area contributed by atoms with Crippen molar-refractivity contribution in [2.24, 2.45) is 0 Å². The second kappa shape index (κ2) is 7.84. The molecule has 0 amide bonds. The fourth-order valence-corrected chi connectivity index (χ4v) is 2.79. The highest BCUT2D eigenvalue weighted by Crippen LogP contribution is 2.38. The van der Waals surface area contributed by atoms with Crippen molar-refractivity contribution in [3.05, 3.63) is 10.4 Å². The van der Waals surface area contributed by atoms with Gasteiger partial charge in [0.15, 0.2) is 0 Å². The number of esters is 2. The van der Waals surface area contributed by atoms with Gasteiger partial charge in [-0.15, -0.1) is 11.3 Å². The minimum absolute atomic E-state index is 0.0876. The first kappa shape index (κ1) is 17.3. The predicted octanol–water partition coefficient (Wildman–Crippen LogP) is 1.38. The van der Waals surface area contributed by atoms with Crippen LogP contribution in [0.4, 0.5) is 10.7 Å². The Bertz CT molecular complexity index is 515. The van der Waals surface area contributed by atoms with Crippen molar-refractivity contribution in [2.45, 2.75) is 6.92 Å². The van der Waals surface area contributed by atoms with Gasteiger partial charge in [0.2, 0.25) is 0 Å². The zero-order chi connectivity index (χ0) is 16.0. The van der Waals surface area contributed by atoms with E-state index in [4.69, 9.17) is 15.2 Å². The number of hydrogen-bond donors (Lipinski definition) is 1. The van der Waals surface area contributed by atoms with Crippen LogP contribution in [0.25, 0.3) is 0 Å². The van der Waals surface area contributed by atoms with Gasteiger partial charge in [-0.05, 0) is 6.92 Å². The molecule has 0 atom stereocenters. The molecule has 2 N–H and O–H groups in total. The van der Waals surface area contributed by atoms with Crippen LogP contribution in [0, 0.1) is 0 Å². The van der Waals surface area contributed by atoms with Crippen molar-refractivity contribution in [1.29, 1.82) is 0 Å². The average molecular weight is 316 g/mol. The molecule has 1 aromatic rings. The third-order valence-electron chi connectivity index (χ3n) is 2.75. The smallest absolute Gasteiger partial charge is 0.350 e. The molecule has 0 aromatic carbocycles. The molecule has 0 aliphatic heterocycles. The Kier molecular flexibility index (Phi) is 6.44. The largest absolute Gasteiger partial charge is 0.465 e. The molecule has 0 aliphatic carbocycles. The zero-order valence-electron chi connectivity index (χ0n) is 12.6. The van der Waals surface area contributed by atoms with Crippen molar-refractivity contribution < 1.29 is 23.8 Å². The minimum Gasteiger partial charge on any atom is -0.465 e. The number of ether oxygens (including phenoxy) is 3. The number of anilines is 2. The number of nitrogens with two attached hydrogens (primary N) is 1. The van der Waals surface area contributed by atoms with Gasteiger partial charge in [0.25, 0.3) is 0 Å². The molecular formula is C13H20N2O5S. The molecule has 21 heavy (non-hydrogen) atoms. The molecule has 1 rings (SSSR count). The number of hydrogen-bond acceptors (Lipinski definition) is 8. The molecule has 1 aromatic heterocycles. The molecule has 0 bridgehead atoms. The molecule has 7 nitrogen and oxygen atoms in total. The van der Waals surface area contributed by atoms with Crippen LogP contribution in [0.15, 0.2) is 0 Å². The Morgan fingerprint density at radius 2 is 1.95 bits per heavy atom. The van der Waals surface area contributed by atoms with E-state index < -0.39 is 11.9 Å². The molecule has 8 heteroatoms. The van der Waals surface area contributed by atoms with Crippen LogP contribution < -0.4 is 10.6 Å². The average Bonchev–Trinajstić information content (AvgIpc) is 2.81. The molecule has 1 heterocycles. The zero-order valence-corrected chi connectivity index (χ0v) is 13.4. The molecule has 0 unspecified atom stereocenters. The third kappa shape index (κ3) is 3.85. The van der Waals surface area contributed by atoms with E-state index in [1.54, 1.807) is 26.0 Å². The highest BCUT2D eigenvalue weighted by molar-refractivity contribution is 7.19. The van der Waals surface area contributed by atoms with Gasteiger partial charge >= 0.3 is 11.9 Å². The van der Waals surface area contributed by atoms with Gasteiger partial charge in [-0.25, -0.2) is 9.59 Å². The van der Waals surface area contributed by atoms with E-state index in [1.807, 2.05) is 0 Å². The lowest BCUT2D eigenvalue weighted by Gasteiger charge is -2.18. The third-order valence-corrected chi connectivity index (χ3v) is 4.05. The fraction of sp³-hybridized carbons (Fsp3) is 0.538. The number of methoxy groups -OCH3 is 2. The molecule has 0 saturated carbocycles. The number of thiophene rings is 1. The summed E-state index contributed by atoms with van der Waals surface area (Å²) >= 11 is 1.10. The molecule has 0 aliphatic rings. The van der Waals surface area contributed by atoms with Gasteiger partial charge in [0.05, 0.1) is 26.0 Å². The molecule has 118 valence electrons. The van der Waals surface area contributed by atoms with E-state index in [0.717, 1.165) is 11.3 Å². The summed E-state index contributed by atoms with van der Waals surface area (Å²) < 4.78 is 14.7. The topological polar surface area (TPSA) is 91.1 Å². The Balaban J connectivity index is 3.25. The van der Waals surface area contributed by atoms with Crippen molar-refractivity contribution in [1.82, 2.24) is 0 Å².